The first-order valence-corrected chi connectivity index (χ1v) is 8.65. The zero-order valence-corrected chi connectivity index (χ0v) is 14.2. The minimum Gasteiger partial charge on any atom is -0.258 e. The van der Waals surface area contributed by atoms with E-state index in [-0.39, 0.29) is 5.69 Å². The van der Waals surface area contributed by atoms with Gasteiger partial charge in [0, 0.05) is 33.0 Å². The summed E-state index contributed by atoms with van der Waals surface area (Å²) in [6.45, 7) is 1.89. The van der Waals surface area contributed by atoms with Crippen LogP contribution >= 0.6 is 22.7 Å². The van der Waals surface area contributed by atoms with Crippen LogP contribution in [0, 0.1) is 28.4 Å². The predicted octanol–water partition coefficient (Wildman–Crippen LogP) is 5.15. The van der Waals surface area contributed by atoms with Crippen LogP contribution in [0.2, 0.25) is 0 Å². The van der Waals surface area contributed by atoms with E-state index in [2.05, 4.69) is 11.1 Å². The highest BCUT2D eigenvalue weighted by Crippen LogP contribution is 2.32. The van der Waals surface area contributed by atoms with Gasteiger partial charge in [-0.2, -0.15) is 5.26 Å². The summed E-state index contributed by atoms with van der Waals surface area (Å²) in [5, 5.41) is 22.8. The summed E-state index contributed by atoms with van der Waals surface area (Å²) >= 11 is 2.92. The van der Waals surface area contributed by atoms with Crippen LogP contribution in [0.3, 0.4) is 0 Å². The molecular formula is C17H11N3O2S2. The summed E-state index contributed by atoms with van der Waals surface area (Å²) in [6, 6.07) is 12.5. The van der Waals surface area contributed by atoms with Gasteiger partial charge in [-0.1, -0.05) is 12.1 Å². The van der Waals surface area contributed by atoms with Gasteiger partial charge < -0.3 is 0 Å². The van der Waals surface area contributed by atoms with Crippen LogP contribution in [-0.4, -0.2) is 9.91 Å². The van der Waals surface area contributed by atoms with E-state index in [4.69, 9.17) is 0 Å². The number of benzene rings is 1. The van der Waals surface area contributed by atoms with Crippen molar-refractivity contribution in [2.75, 3.05) is 0 Å². The topological polar surface area (TPSA) is 79.8 Å². The number of hydrogen-bond acceptors (Lipinski definition) is 6. The van der Waals surface area contributed by atoms with Gasteiger partial charge in [0.1, 0.15) is 11.1 Å². The fourth-order valence-corrected chi connectivity index (χ4v) is 3.83. The van der Waals surface area contributed by atoms with Crippen molar-refractivity contribution in [3.05, 3.63) is 67.5 Å². The first-order chi connectivity index (χ1) is 11.6. The van der Waals surface area contributed by atoms with E-state index in [0.29, 0.717) is 10.6 Å². The Kier molecular flexibility index (Phi) is 4.51. The number of nitriles is 1. The number of aryl methyl sites for hydroxylation is 1. The minimum absolute atomic E-state index is 0.0639. The average Bonchev–Trinajstić information content (AvgIpc) is 3.21. The molecule has 0 fully saturated rings. The summed E-state index contributed by atoms with van der Waals surface area (Å²) < 4.78 is 0. The van der Waals surface area contributed by atoms with Crippen molar-refractivity contribution in [1.82, 2.24) is 4.98 Å². The Bertz CT molecular complexity index is 980. The Morgan fingerprint density at radius 1 is 1.38 bits per heavy atom. The van der Waals surface area contributed by atoms with E-state index in [9.17, 15) is 15.4 Å². The molecule has 24 heavy (non-hydrogen) atoms. The number of allylic oxidation sites excluding steroid dienone is 1. The monoisotopic (exact) mass is 353 g/mol. The first-order valence-electron chi connectivity index (χ1n) is 6.96. The maximum Gasteiger partial charge on any atom is 0.270 e. The molecule has 2 heterocycles. The van der Waals surface area contributed by atoms with E-state index in [0.717, 1.165) is 21.0 Å². The molecule has 0 atom stereocenters. The number of thiophene rings is 1. The lowest BCUT2D eigenvalue weighted by molar-refractivity contribution is -0.384. The van der Waals surface area contributed by atoms with Gasteiger partial charge in [-0.15, -0.1) is 22.7 Å². The van der Waals surface area contributed by atoms with Crippen molar-refractivity contribution in [2.24, 2.45) is 0 Å². The van der Waals surface area contributed by atoms with Crippen molar-refractivity contribution in [2.45, 2.75) is 6.92 Å². The van der Waals surface area contributed by atoms with E-state index < -0.39 is 4.92 Å². The van der Waals surface area contributed by atoms with Crippen molar-refractivity contribution in [3.8, 4) is 16.5 Å². The summed E-state index contributed by atoms with van der Waals surface area (Å²) in [6.07, 6.45) is 1.80. The molecule has 0 radical (unpaired) electrons. The molecule has 2 aromatic heterocycles. The molecule has 118 valence electrons. The standard InChI is InChI=1S/C17H11N3O2S2/c1-11-10-23-17(19-11)13(9-18)8-15-5-6-16(24-15)12-3-2-4-14(7-12)20(21)22/h2-8,10H,1H3. The summed E-state index contributed by atoms with van der Waals surface area (Å²) in [7, 11) is 0. The van der Waals surface area contributed by atoms with Crippen LogP contribution in [0.4, 0.5) is 5.69 Å². The molecule has 3 aromatic rings. The van der Waals surface area contributed by atoms with Gasteiger partial charge in [0.2, 0.25) is 0 Å². The normalized spacial score (nSPS) is 11.2. The Morgan fingerprint density at radius 3 is 2.88 bits per heavy atom. The highest BCUT2D eigenvalue weighted by molar-refractivity contribution is 7.16. The maximum atomic E-state index is 10.9. The molecule has 0 amide bonds. The highest BCUT2D eigenvalue weighted by atomic mass is 32.1. The number of nitro benzene ring substituents is 1. The molecule has 7 heteroatoms. The van der Waals surface area contributed by atoms with Crippen LogP contribution in [0.15, 0.2) is 41.8 Å². The SMILES string of the molecule is Cc1csc(C(C#N)=Cc2ccc(-c3cccc([N+](=O)[O-])c3)s2)n1. The average molecular weight is 353 g/mol. The predicted molar refractivity (Wildman–Crippen MR) is 96.7 cm³/mol. The number of non-ortho nitro benzene ring substituents is 1. The fraction of sp³-hybridized carbons (Fsp3) is 0.0588. The molecule has 0 spiro atoms. The number of nitro groups is 1. The van der Waals surface area contributed by atoms with Gasteiger partial charge in [0.15, 0.2) is 0 Å². The molecule has 0 saturated carbocycles. The van der Waals surface area contributed by atoms with Gasteiger partial charge in [-0.3, -0.25) is 10.1 Å². The molecular weight excluding hydrogens is 342 g/mol. The minimum atomic E-state index is -0.406. The lowest BCUT2D eigenvalue weighted by atomic mass is 10.1. The molecule has 0 N–H and O–H groups in total. The molecule has 0 aliphatic heterocycles. The second-order valence-electron chi connectivity index (χ2n) is 4.97. The third-order valence-corrected chi connectivity index (χ3v) is 5.30. The lowest BCUT2D eigenvalue weighted by Crippen LogP contribution is -1.87. The Labute approximate surface area is 146 Å². The molecule has 0 unspecified atom stereocenters. The van der Waals surface area contributed by atoms with Gasteiger partial charge >= 0.3 is 0 Å². The smallest absolute Gasteiger partial charge is 0.258 e. The third kappa shape index (κ3) is 3.40. The van der Waals surface area contributed by atoms with Crippen molar-refractivity contribution >= 4 is 40.0 Å². The molecule has 0 aliphatic rings. The number of aromatic nitrogens is 1. The summed E-state index contributed by atoms with van der Waals surface area (Å²) in [5.41, 5.74) is 2.26. The van der Waals surface area contributed by atoms with E-state index in [1.807, 2.05) is 30.5 Å². The molecule has 0 aliphatic carbocycles. The maximum absolute atomic E-state index is 10.9. The summed E-state index contributed by atoms with van der Waals surface area (Å²) in [5.74, 6) is 0. The quantitative estimate of drug-likeness (QED) is 0.369. The molecule has 5 nitrogen and oxygen atoms in total. The van der Waals surface area contributed by atoms with Crippen molar-refractivity contribution in [1.29, 1.82) is 5.26 Å². The van der Waals surface area contributed by atoms with E-state index >= 15 is 0 Å². The molecule has 1 aromatic carbocycles. The fourth-order valence-electron chi connectivity index (χ4n) is 2.12. The number of thiazole rings is 1. The zero-order valence-electron chi connectivity index (χ0n) is 12.6. The molecule has 0 saturated heterocycles. The largest absolute Gasteiger partial charge is 0.270 e. The van der Waals surface area contributed by atoms with Gasteiger partial charge in [0.25, 0.3) is 5.69 Å². The number of rotatable bonds is 4. The van der Waals surface area contributed by atoms with Gasteiger partial charge in [-0.05, 0) is 30.7 Å². The van der Waals surface area contributed by atoms with Gasteiger partial charge in [0.05, 0.1) is 10.5 Å². The van der Waals surface area contributed by atoms with Crippen LogP contribution in [0.5, 0.6) is 0 Å². The van der Waals surface area contributed by atoms with Crippen molar-refractivity contribution in [3.63, 3.8) is 0 Å². The second kappa shape index (κ2) is 6.74. The number of hydrogen-bond donors (Lipinski definition) is 0. The van der Waals surface area contributed by atoms with Crippen LogP contribution in [-0.2, 0) is 0 Å². The summed E-state index contributed by atoms with van der Waals surface area (Å²) in [4.78, 5) is 16.6. The molecule has 3 rings (SSSR count). The van der Waals surface area contributed by atoms with E-state index in [1.165, 1.54) is 28.7 Å². The second-order valence-corrected chi connectivity index (χ2v) is 6.95. The Hall–Kier alpha value is -2.82. The first kappa shape index (κ1) is 16.1. The highest BCUT2D eigenvalue weighted by Gasteiger charge is 2.10. The van der Waals surface area contributed by atoms with Crippen LogP contribution < -0.4 is 0 Å². The molecule has 0 bridgehead atoms. The van der Waals surface area contributed by atoms with Gasteiger partial charge in [-0.25, -0.2) is 4.98 Å². The third-order valence-electron chi connectivity index (χ3n) is 3.22. The Balaban J connectivity index is 1.93. The van der Waals surface area contributed by atoms with Crippen LogP contribution in [0.1, 0.15) is 15.6 Å². The van der Waals surface area contributed by atoms with E-state index in [1.54, 1.807) is 18.2 Å². The lowest BCUT2D eigenvalue weighted by Gasteiger charge is -1.97. The van der Waals surface area contributed by atoms with Crippen LogP contribution in [0.25, 0.3) is 22.1 Å². The number of nitrogens with zero attached hydrogens (tertiary/aromatic N) is 3. The Morgan fingerprint density at radius 2 is 2.21 bits per heavy atom. The zero-order chi connectivity index (χ0) is 17.1. The van der Waals surface area contributed by atoms with Crippen molar-refractivity contribution < 1.29 is 4.92 Å².